The molecule has 3 aromatic heterocycles. The predicted octanol–water partition coefficient (Wildman–Crippen LogP) is 3.60. The summed E-state index contributed by atoms with van der Waals surface area (Å²) in [4.78, 5) is 25.3. The van der Waals surface area contributed by atoms with Crippen molar-refractivity contribution in [1.29, 1.82) is 0 Å². The van der Waals surface area contributed by atoms with Gasteiger partial charge in [-0.1, -0.05) is 29.7 Å². The van der Waals surface area contributed by atoms with Gasteiger partial charge in [0.1, 0.15) is 17.8 Å². The van der Waals surface area contributed by atoms with Crippen LogP contribution in [0.2, 0.25) is 5.02 Å². The third-order valence-electron chi connectivity index (χ3n) is 4.32. The number of imidazole rings is 1. The smallest absolute Gasteiger partial charge is 0.271 e. The number of aryl methyl sites for hydroxylation is 1. The number of halogens is 2. The molecule has 0 aliphatic heterocycles. The molecule has 4 rings (SSSR count). The second-order valence-electron chi connectivity index (χ2n) is 6.33. The molecule has 1 aromatic carbocycles. The van der Waals surface area contributed by atoms with Crippen molar-refractivity contribution in [2.45, 2.75) is 19.9 Å². The Kier molecular flexibility index (Phi) is 5.53. The van der Waals surface area contributed by atoms with Gasteiger partial charge in [0.05, 0.1) is 5.56 Å². The van der Waals surface area contributed by atoms with Gasteiger partial charge < -0.3 is 9.84 Å². The summed E-state index contributed by atoms with van der Waals surface area (Å²) in [7, 11) is 0. The maximum absolute atomic E-state index is 13.1. The normalized spacial score (nSPS) is 10.9. The predicted molar refractivity (Wildman–Crippen MR) is 107 cm³/mol. The topological polar surface area (TPSA) is 98.7 Å². The molecule has 0 saturated carbocycles. The van der Waals surface area contributed by atoms with Crippen LogP contribution in [0.4, 0.5) is 4.39 Å². The Morgan fingerprint density at radius 1 is 1.30 bits per heavy atom. The first-order valence-electron chi connectivity index (χ1n) is 9.09. The highest BCUT2D eigenvalue weighted by Gasteiger charge is 2.17. The van der Waals surface area contributed by atoms with Crippen LogP contribution in [0.25, 0.3) is 17.3 Å². The Morgan fingerprint density at radius 3 is 2.93 bits per heavy atom. The van der Waals surface area contributed by atoms with Gasteiger partial charge in [-0.2, -0.15) is 4.98 Å². The number of carbonyl (C=O) groups is 1. The molecular formula is C20H16ClFN6O2. The lowest BCUT2D eigenvalue weighted by molar-refractivity contribution is 0.0946. The van der Waals surface area contributed by atoms with Crippen LogP contribution >= 0.6 is 11.6 Å². The number of nitrogens with zero attached hydrogens (tertiary/aromatic N) is 5. The van der Waals surface area contributed by atoms with Crippen molar-refractivity contribution < 1.29 is 13.7 Å². The minimum Gasteiger partial charge on any atom is -0.347 e. The molecule has 0 bridgehead atoms. The second kappa shape index (κ2) is 8.42. The first-order chi connectivity index (χ1) is 14.5. The molecule has 8 nitrogen and oxygen atoms in total. The lowest BCUT2D eigenvalue weighted by Crippen LogP contribution is -2.23. The molecular weight excluding hydrogens is 411 g/mol. The molecule has 3 heterocycles. The standard InChI is InChI=1S/C20H16ClFN6O2/c1-2-17-26-20(30-27-17)14-4-3-7-23-18(14)28-10-16(25-11-28)19(29)24-9-12-5-6-13(22)8-15(12)21/h3-8,10-11H,2,9H2,1H3,(H,24,29). The number of carbonyl (C=O) groups excluding carboxylic acids is 1. The summed E-state index contributed by atoms with van der Waals surface area (Å²) in [5, 5.41) is 6.86. The zero-order chi connectivity index (χ0) is 21.1. The number of pyridine rings is 1. The van der Waals surface area contributed by atoms with Gasteiger partial charge in [0, 0.05) is 30.4 Å². The number of benzene rings is 1. The maximum Gasteiger partial charge on any atom is 0.271 e. The van der Waals surface area contributed by atoms with E-state index in [-0.39, 0.29) is 17.3 Å². The molecule has 10 heteroatoms. The third-order valence-corrected chi connectivity index (χ3v) is 4.67. The van der Waals surface area contributed by atoms with Crippen molar-refractivity contribution in [1.82, 2.24) is 30.0 Å². The molecule has 0 fully saturated rings. The van der Waals surface area contributed by atoms with E-state index in [0.29, 0.717) is 35.1 Å². The van der Waals surface area contributed by atoms with Crippen molar-refractivity contribution in [3.05, 3.63) is 77.0 Å². The number of amides is 1. The van der Waals surface area contributed by atoms with Crippen LogP contribution in [0, 0.1) is 5.82 Å². The van der Waals surface area contributed by atoms with Gasteiger partial charge in [0.2, 0.25) is 0 Å². The quantitative estimate of drug-likeness (QED) is 0.505. The molecule has 0 aliphatic rings. The highest BCUT2D eigenvalue weighted by Crippen LogP contribution is 2.24. The SMILES string of the molecule is CCc1noc(-c2cccnc2-n2cnc(C(=O)NCc3ccc(F)cc3Cl)c2)n1. The number of aromatic nitrogens is 5. The molecule has 30 heavy (non-hydrogen) atoms. The first-order valence-corrected chi connectivity index (χ1v) is 9.47. The summed E-state index contributed by atoms with van der Waals surface area (Å²) in [5.74, 6) is 0.576. The summed E-state index contributed by atoms with van der Waals surface area (Å²) < 4.78 is 20.1. The molecule has 4 aromatic rings. The molecule has 0 atom stereocenters. The van der Waals surface area contributed by atoms with Crippen LogP contribution in [0.5, 0.6) is 0 Å². The van der Waals surface area contributed by atoms with Gasteiger partial charge in [-0.05, 0) is 29.8 Å². The zero-order valence-corrected chi connectivity index (χ0v) is 16.6. The molecule has 152 valence electrons. The summed E-state index contributed by atoms with van der Waals surface area (Å²) in [6.45, 7) is 2.07. The van der Waals surface area contributed by atoms with Crippen molar-refractivity contribution in [2.24, 2.45) is 0 Å². The van der Waals surface area contributed by atoms with E-state index in [1.165, 1.54) is 24.5 Å². The molecule has 0 aliphatic carbocycles. The molecule has 0 saturated heterocycles. The average molecular weight is 427 g/mol. The zero-order valence-electron chi connectivity index (χ0n) is 15.8. The number of hydrogen-bond donors (Lipinski definition) is 1. The Morgan fingerprint density at radius 2 is 2.17 bits per heavy atom. The van der Waals surface area contributed by atoms with E-state index in [0.717, 1.165) is 0 Å². The van der Waals surface area contributed by atoms with Crippen LogP contribution < -0.4 is 5.32 Å². The van der Waals surface area contributed by atoms with Gasteiger partial charge in [-0.3, -0.25) is 9.36 Å². The fourth-order valence-corrected chi connectivity index (χ4v) is 3.00. The van der Waals surface area contributed by atoms with Crippen LogP contribution in [0.3, 0.4) is 0 Å². The van der Waals surface area contributed by atoms with E-state index in [4.69, 9.17) is 16.1 Å². The van der Waals surface area contributed by atoms with E-state index in [2.05, 4.69) is 25.4 Å². The minimum absolute atomic E-state index is 0.140. The summed E-state index contributed by atoms with van der Waals surface area (Å²) >= 11 is 5.99. The molecule has 0 radical (unpaired) electrons. The molecule has 1 amide bonds. The van der Waals surface area contributed by atoms with Crippen LogP contribution in [-0.4, -0.2) is 30.6 Å². The average Bonchev–Trinajstić information content (AvgIpc) is 3.43. The van der Waals surface area contributed by atoms with Crippen molar-refractivity contribution in [3.8, 4) is 17.3 Å². The Hall–Kier alpha value is -3.59. The summed E-state index contributed by atoms with van der Waals surface area (Å²) in [5.41, 5.74) is 1.40. The molecule has 0 spiro atoms. The second-order valence-corrected chi connectivity index (χ2v) is 6.74. The highest BCUT2D eigenvalue weighted by atomic mass is 35.5. The number of nitrogens with one attached hydrogen (secondary N) is 1. The van der Waals surface area contributed by atoms with Gasteiger partial charge >= 0.3 is 0 Å². The van der Waals surface area contributed by atoms with Crippen molar-refractivity contribution in [3.63, 3.8) is 0 Å². The van der Waals surface area contributed by atoms with E-state index < -0.39 is 11.7 Å². The van der Waals surface area contributed by atoms with Gasteiger partial charge in [0.25, 0.3) is 11.8 Å². The van der Waals surface area contributed by atoms with Crippen molar-refractivity contribution >= 4 is 17.5 Å². The summed E-state index contributed by atoms with van der Waals surface area (Å²) in [6, 6.07) is 7.55. The fraction of sp³-hybridized carbons (Fsp3) is 0.150. The molecule has 1 N–H and O–H groups in total. The monoisotopic (exact) mass is 426 g/mol. The first kappa shape index (κ1) is 19.7. The highest BCUT2D eigenvalue weighted by molar-refractivity contribution is 6.31. The van der Waals surface area contributed by atoms with E-state index >= 15 is 0 Å². The number of rotatable bonds is 6. The lowest BCUT2D eigenvalue weighted by atomic mass is 10.2. The minimum atomic E-state index is -0.438. The van der Waals surface area contributed by atoms with E-state index in [1.807, 2.05) is 6.92 Å². The molecule has 0 unspecified atom stereocenters. The third kappa shape index (κ3) is 4.06. The van der Waals surface area contributed by atoms with Gasteiger partial charge in [-0.15, -0.1) is 0 Å². The van der Waals surface area contributed by atoms with E-state index in [1.54, 1.807) is 29.1 Å². The fourth-order valence-electron chi connectivity index (χ4n) is 2.76. The summed E-state index contributed by atoms with van der Waals surface area (Å²) in [6.07, 6.45) is 5.28. The van der Waals surface area contributed by atoms with Crippen molar-refractivity contribution in [2.75, 3.05) is 0 Å². The van der Waals surface area contributed by atoms with Gasteiger partial charge in [-0.25, -0.2) is 14.4 Å². The Labute approximate surface area is 175 Å². The largest absolute Gasteiger partial charge is 0.347 e. The van der Waals surface area contributed by atoms with Gasteiger partial charge in [0.15, 0.2) is 11.6 Å². The van der Waals surface area contributed by atoms with Crippen LogP contribution in [0.15, 0.2) is 53.6 Å². The Bertz CT molecular complexity index is 1210. The van der Waals surface area contributed by atoms with E-state index in [9.17, 15) is 9.18 Å². The maximum atomic E-state index is 13.1. The Balaban J connectivity index is 1.53. The van der Waals surface area contributed by atoms with Crippen LogP contribution in [-0.2, 0) is 13.0 Å². The van der Waals surface area contributed by atoms with Crippen LogP contribution in [0.1, 0.15) is 28.8 Å². The lowest BCUT2D eigenvalue weighted by Gasteiger charge is -2.06. The number of hydrogen-bond acceptors (Lipinski definition) is 6.